The Morgan fingerprint density at radius 3 is 1.35 bits per heavy atom. The summed E-state index contributed by atoms with van der Waals surface area (Å²) >= 11 is 0. The summed E-state index contributed by atoms with van der Waals surface area (Å²) in [5.41, 5.74) is 4.81. The molecular weight excluding hydrogens is 374 g/mol. The van der Waals surface area contributed by atoms with E-state index in [4.69, 9.17) is 0 Å². The highest BCUT2D eigenvalue weighted by molar-refractivity contribution is 5.37. The van der Waals surface area contributed by atoms with Crippen molar-refractivity contribution < 1.29 is 0 Å². The fourth-order valence-electron chi connectivity index (χ4n) is 3.37. The van der Waals surface area contributed by atoms with Crippen LogP contribution in [0.2, 0.25) is 0 Å². The molecule has 0 saturated heterocycles. The predicted molar refractivity (Wildman–Crippen MR) is 135 cm³/mol. The average molecular weight is 414 g/mol. The molecule has 0 spiro atoms. The van der Waals surface area contributed by atoms with Gasteiger partial charge in [-0.2, -0.15) is 0 Å². The normalized spacial score (nSPS) is 10.1. The molecule has 1 N–H and O–H groups in total. The van der Waals surface area contributed by atoms with E-state index in [0.29, 0.717) is 0 Å². The van der Waals surface area contributed by atoms with Crippen LogP contribution in [0.15, 0.2) is 48.5 Å². The van der Waals surface area contributed by atoms with Crippen molar-refractivity contribution in [1.29, 1.82) is 0 Å². The lowest BCUT2D eigenvalue weighted by Gasteiger charge is -2.06. The minimum absolute atomic E-state index is 0.865. The van der Waals surface area contributed by atoms with E-state index in [1.807, 2.05) is 0 Å². The Bertz CT molecular complexity index is 764. The highest BCUT2D eigenvalue weighted by atomic mass is 14.8. The molecule has 31 heavy (non-hydrogen) atoms. The molecule has 0 unspecified atom stereocenters. The van der Waals surface area contributed by atoms with Gasteiger partial charge in [0.2, 0.25) is 0 Å². The number of unbranched alkanes of at least 4 members (excludes halogenated alkanes) is 8. The third-order valence-corrected chi connectivity index (χ3v) is 5.34. The third kappa shape index (κ3) is 11.5. The zero-order chi connectivity index (χ0) is 22.0. The molecule has 0 aromatic heterocycles. The molecule has 0 fully saturated rings. The highest BCUT2D eigenvalue weighted by Crippen LogP contribution is 2.07. The van der Waals surface area contributed by atoms with E-state index in [0.717, 1.165) is 37.1 Å². The number of hydrogen-bond acceptors (Lipinski definition) is 1. The Balaban J connectivity index is 1.67. The summed E-state index contributed by atoms with van der Waals surface area (Å²) in [6.45, 7) is 6.21. The van der Waals surface area contributed by atoms with E-state index in [-0.39, 0.29) is 0 Å². The van der Waals surface area contributed by atoms with Crippen LogP contribution in [0.25, 0.3) is 0 Å². The third-order valence-electron chi connectivity index (χ3n) is 5.34. The predicted octanol–water partition coefficient (Wildman–Crippen LogP) is 7.62. The molecule has 0 radical (unpaired) electrons. The second kappa shape index (κ2) is 16.2. The molecule has 1 heteroatoms. The van der Waals surface area contributed by atoms with Gasteiger partial charge in [-0.3, -0.25) is 0 Å². The summed E-state index contributed by atoms with van der Waals surface area (Å²) in [6.07, 6.45) is 12.2. The maximum absolute atomic E-state index is 3.53. The molecule has 0 aliphatic carbocycles. The second-order valence-corrected chi connectivity index (χ2v) is 8.22. The summed E-state index contributed by atoms with van der Waals surface area (Å²) in [7, 11) is 0. The van der Waals surface area contributed by atoms with Crippen LogP contribution in [0, 0.1) is 23.7 Å². The Labute approximate surface area is 191 Å². The molecule has 0 saturated carbocycles. The summed E-state index contributed by atoms with van der Waals surface area (Å²) < 4.78 is 0. The van der Waals surface area contributed by atoms with Gasteiger partial charge in [0.1, 0.15) is 0 Å². The van der Waals surface area contributed by atoms with Crippen LogP contribution in [0.4, 0.5) is 0 Å². The lowest BCUT2D eigenvalue weighted by atomic mass is 10.1. The van der Waals surface area contributed by atoms with Crippen molar-refractivity contribution in [2.75, 3.05) is 0 Å². The van der Waals surface area contributed by atoms with Gasteiger partial charge >= 0.3 is 0 Å². The lowest BCUT2D eigenvalue weighted by Crippen LogP contribution is -2.12. The van der Waals surface area contributed by atoms with Crippen molar-refractivity contribution >= 4 is 0 Å². The van der Waals surface area contributed by atoms with Gasteiger partial charge in [0, 0.05) is 37.1 Å². The Kier molecular flexibility index (Phi) is 13.0. The fourth-order valence-corrected chi connectivity index (χ4v) is 3.37. The van der Waals surface area contributed by atoms with Crippen molar-refractivity contribution in [2.45, 2.75) is 91.1 Å². The van der Waals surface area contributed by atoms with Crippen molar-refractivity contribution in [3.8, 4) is 23.7 Å². The highest BCUT2D eigenvalue weighted by Gasteiger charge is 1.96. The minimum atomic E-state index is 0.865. The fraction of sp³-hybridized carbons (Fsp3) is 0.467. The maximum atomic E-state index is 3.53. The first kappa shape index (κ1) is 24.8. The second-order valence-electron chi connectivity index (χ2n) is 8.22. The standard InChI is InChI=1S/C30H39N/c1-3-5-7-9-11-13-15-27-17-21-29(22-18-27)25-31-26-30-23-19-28(20-24-30)16-14-12-10-8-6-4-2/h17-24,31H,3-12,25-26H2,1-2H3. The van der Waals surface area contributed by atoms with Gasteiger partial charge in [0.15, 0.2) is 0 Å². The van der Waals surface area contributed by atoms with E-state index in [2.05, 4.69) is 91.4 Å². The van der Waals surface area contributed by atoms with Gasteiger partial charge < -0.3 is 5.32 Å². The molecular formula is C30H39N. The van der Waals surface area contributed by atoms with Crippen molar-refractivity contribution in [3.63, 3.8) is 0 Å². The maximum Gasteiger partial charge on any atom is 0.0245 e. The molecule has 0 bridgehead atoms. The first-order chi connectivity index (χ1) is 15.3. The summed E-state index contributed by atoms with van der Waals surface area (Å²) in [6, 6.07) is 17.2. The molecule has 0 heterocycles. The van der Waals surface area contributed by atoms with Gasteiger partial charge in [0.25, 0.3) is 0 Å². The van der Waals surface area contributed by atoms with Crippen LogP contribution in [-0.4, -0.2) is 0 Å². The molecule has 2 aromatic rings. The zero-order valence-electron chi connectivity index (χ0n) is 19.6. The van der Waals surface area contributed by atoms with Crippen LogP contribution in [0.5, 0.6) is 0 Å². The molecule has 164 valence electrons. The van der Waals surface area contributed by atoms with Gasteiger partial charge in [-0.25, -0.2) is 0 Å². The van der Waals surface area contributed by atoms with E-state index in [1.54, 1.807) is 0 Å². The number of nitrogens with one attached hydrogen (secondary N) is 1. The molecule has 2 rings (SSSR count). The van der Waals surface area contributed by atoms with Crippen LogP contribution in [-0.2, 0) is 13.1 Å². The summed E-state index contributed by atoms with van der Waals surface area (Å²) in [4.78, 5) is 0. The number of rotatable bonds is 12. The first-order valence-electron chi connectivity index (χ1n) is 12.2. The van der Waals surface area contributed by atoms with Crippen molar-refractivity contribution in [3.05, 3.63) is 70.8 Å². The Hall–Kier alpha value is -2.48. The molecule has 2 aromatic carbocycles. The molecule has 0 amide bonds. The van der Waals surface area contributed by atoms with Gasteiger partial charge in [-0.15, -0.1) is 0 Å². The van der Waals surface area contributed by atoms with Crippen molar-refractivity contribution in [2.24, 2.45) is 0 Å². The minimum Gasteiger partial charge on any atom is -0.309 e. The summed E-state index contributed by atoms with van der Waals surface area (Å²) in [5.74, 6) is 13.2. The van der Waals surface area contributed by atoms with E-state index >= 15 is 0 Å². The van der Waals surface area contributed by atoms with Crippen LogP contribution in [0.1, 0.15) is 100 Å². The van der Waals surface area contributed by atoms with Crippen molar-refractivity contribution in [1.82, 2.24) is 5.32 Å². The van der Waals surface area contributed by atoms with Crippen LogP contribution in [0.3, 0.4) is 0 Å². The zero-order valence-corrected chi connectivity index (χ0v) is 19.6. The quantitative estimate of drug-likeness (QED) is 0.279. The van der Waals surface area contributed by atoms with Gasteiger partial charge in [-0.05, 0) is 48.2 Å². The summed E-state index contributed by atoms with van der Waals surface area (Å²) in [5, 5.41) is 3.53. The topological polar surface area (TPSA) is 12.0 Å². The monoisotopic (exact) mass is 413 g/mol. The molecule has 0 aliphatic rings. The number of benzene rings is 2. The van der Waals surface area contributed by atoms with Crippen LogP contribution >= 0.6 is 0 Å². The average Bonchev–Trinajstić information content (AvgIpc) is 2.80. The van der Waals surface area contributed by atoms with Gasteiger partial charge in [-0.1, -0.05) is 100 Å². The Morgan fingerprint density at radius 1 is 0.548 bits per heavy atom. The number of hydrogen-bond donors (Lipinski definition) is 1. The smallest absolute Gasteiger partial charge is 0.0245 e. The molecule has 0 atom stereocenters. The first-order valence-corrected chi connectivity index (χ1v) is 12.2. The molecule has 1 nitrogen and oxygen atoms in total. The lowest BCUT2D eigenvalue weighted by molar-refractivity contribution is 0.679. The van der Waals surface area contributed by atoms with Gasteiger partial charge in [0.05, 0.1) is 0 Å². The SMILES string of the molecule is CCCCCCC#Cc1ccc(CNCc2ccc(C#CCCCCCC)cc2)cc1. The molecule has 0 aliphatic heterocycles. The van der Waals surface area contributed by atoms with E-state index in [9.17, 15) is 0 Å². The van der Waals surface area contributed by atoms with E-state index in [1.165, 1.54) is 62.5 Å². The van der Waals surface area contributed by atoms with E-state index < -0.39 is 0 Å². The van der Waals surface area contributed by atoms with Crippen LogP contribution < -0.4 is 5.32 Å². The largest absolute Gasteiger partial charge is 0.309 e. The Morgan fingerprint density at radius 2 is 0.968 bits per heavy atom.